The summed E-state index contributed by atoms with van der Waals surface area (Å²) in [5, 5.41) is 9.21. The number of phenolic OH excluding ortho intramolecular Hbond substituents is 1. The maximum absolute atomic E-state index is 12.1. The second-order valence-corrected chi connectivity index (χ2v) is 8.10. The average Bonchev–Trinajstić information content (AvgIpc) is 2.23. The van der Waals surface area contributed by atoms with Gasteiger partial charge in [-0.25, -0.2) is 8.42 Å². The van der Waals surface area contributed by atoms with Crippen molar-refractivity contribution >= 4 is 9.84 Å². The first-order valence-electron chi connectivity index (χ1n) is 6.37. The Morgan fingerprint density at radius 3 is 2.44 bits per heavy atom. The highest BCUT2D eigenvalue weighted by Gasteiger charge is 2.43. The Morgan fingerprint density at radius 2 is 2.00 bits per heavy atom. The SMILES string of the molecule is CC(C)S(=O)(=O)CC1(c2cccc(O)c2)CCC1. The van der Waals surface area contributed by atoms with Crippen molar-refractivity contribution in [2.24, 2.45) is 0 Å². The van der Waals surface area contributed by atoms with Crippen LogP contribution in [-0.2, 0) is 15.3 Å². The quantitative estimate of drug-likeness (QED) is 0.913. The van der Waals surface area contributed by atoms with Crippen molar-refractivity contribution in [3.05, 3.63) is 29.8 Å². The average molecular weight is 268 g/mol. The molecular formula is C14H20O3S. The molecule has 0 unspecified atom stereocenters. The Kier molecular flexibility index (Phi) is 3.41. The van der Waals surface area contributed by atoms with Gasteiger partial charge in [0.25, 0.3) is 0 Å². The smallest absolute Gasteiger partial charge is 0.153 e. The summed E-state index contributed by atoms with van der Waals surface area (Å²) >= 11 is 0. The molecule has 0 aliphatic heterocycles. The molecule has 1 aliphatic carbocycles. The largest absolute Gasteiger partial charge is 0.508 e. The summed E-state index contributed by atoms with van der Waals surface area (Å²) in [7, 11) is -3.06. The Morgan fingerprint density at radius 1 is 1.33 bits per heavy atom. The van der Waals surface area contributed by atoms with Gasteiger partial charge in [-0.3, -0.25) is 0 Å². The van der Waals surface area contributed by atoms with E-state index in [1.807, 2.05) is 6.07 Å². The minimum atomic E-state index is -3.06. The number of aromatic hydroxyl groups is 1. The van der Waals surface area contributed by atoms with Crippen LogP contribution in [0.4, 0.5) is 0 Å². The lowest BCUT2D eigenvalue weighted by molar-refractivity contribution is 0.273. The van der Waals surface area contributed by atoms with Crippen molar-refractivity contribution in [1.82, 2.24) is 0 Å². The van der Waals surface area contributed by atoms with E-state index in [9.17, 15) is 13.5 Å². The molecule has 1 N–H and O–H groups in total. The fourth-order valence-electron chi connectivity index (χ4n) is 2.51. The molecule has 100 valence electrons. The number of sulfone groups is 1. The van der Waals surface area contributed by atoms with E-state index in [-0.39, 0.29) is 22.2 Å². The zero-order valence-electron chi connectivity index (χ0n) is 10.9. The second kappa shape index (κ2) is 4.57. The standard InChI is InChI=1S/C14H20O3S/c1-11(2)18(16,17)10-14(7-4-8-14)12-5-3-6-13(15)9-12/h3,5-6,9,11,15H,4,7-8,10H2,1-2H3. The molecule has 1 fully saturated rings. The molecule has 0 atom stereocenters. The van der Waals surface area contributed by atoms with Gasteiger partial charge >= 0.3 is 0 Å². The summed E-state index contributed by atoms with van der Waals surface area (Å²) in [6.45, 7) is 3.45. The van der Waals surface area contributed by atoms with Crippen LogP contribution in [0.1, 0.15) is 38.7 Å². The predicted octanol–water partition coefficient (Wildman–Crippen LogP) is 2.64. The topological polar surface area (TPSA) is 54.4 Å². The molecule has 3 nitrogen and oxygen atoms in total. The van der Waals surface area contributed by atoms with Gasteiger partial charge < -0.3 is 5.11 Å². The molecule has 0 radical (unpaired) electrons. The third-order valence-electron chi connectivity index (χ3n) is 3.96. The van der Waals surface area contributed by atoms with Crippen LogP contribution in [0.15, 0.2) is 24.3 Å². The first-order chi connectivity index (χ1) is 8.36. The fourth-order valence-corrected chi connectivity index (χ4v) is 4.07. The third-order valence-corrected chi connectivity index (χ3v) is 6.36. The number of hydrogen-bond acceptors (Lipinski definition) is 3. The van der Waals surface area contributed by atoms with Gasteiger partial charge in [-0.1, -0.05) is 18.6 Å². The maximum atomic E-state index is 12.1. The van der Waals surface area contributed by atoms with Crippen molar-refractivity contribution in [2.45, 2.75) is 43.8 Å². The van der Waals surface area contributed by atoms with Crippen LogP contribution in [0, 0.1) is 0 Å². The molecule has 0 spiro atoms. The summed E-state index contributed by atoms with van der Waals surface area (Å²) in [4.78, 5) is 0. The van der Waals surface area contributed by atoms with E-state index in [0.29, 0.717) is 0 Å². The highest BCUT2D eigenvalue weighted by molar-refractivity contribution is 7.92. The Hall–Kier alpha value is -1.03. The third kappa shape index (κ3) is 2.39. The van der Waals surface area contributed by atoms with Crippen LogP contribution in [0.25, 0.3) is 0 Å². The van der Waals surface area contributed by atoms with E-state index in [1.54, 1.807) is 32.0 Å². The molecule has 18 heavy (non-hydrogen) atoms. The molecule has 2 rings (SSSR count). The van der Waals surface area contributed by atoms with Crippen LogP contribution in [0.3, 0.4) is 0 Å². The van der Waals surface area contributed by atoms with E-state index >= 15 is 0 Å². The lowest BCUT2D eigenvalue weighted by atomic mass is 9.66. The molecular weight excluding hydrogens is 248 g/mol. The molecule has 0 aromatic heterocycles. The Labute approximate surface area is 109 Å². The first kappa shape index (κ1) is 13.4. The van der Waals surface area contributed by atoms with E-state index < -0.39 is 9.84 Å². The van der Waals surface area contributed by atoms with Crippen molar-refractivity contribution in [2.75, 3.05) is 5.75 Å². The maximum Gasteiger partial charge on any atom is 0.153 e. The zero-order chi connectivity index (χ0) is 13.4. The Balaban J connectivity index is 2.33. The van der Waals surface area contributed by atoms with Crippen LogP contribution in [-0.4, -0.2) is 24.5 Å². The minimum Gasteiger partial charge on any atom is -0.508 e. The minimum absolute atomic E-state index is 0.196. The highest BCUT2D eigenvalue weighted by Crippen LogP contribution is 2.45. The monoisotopic (exact) mass is 268 g/mol. The fraction of sp³-hybridized carbons (Fsp3) is 0.571. The normalized spacial score (nSPS) is 18.6. The molecule has 0 heterocycles. The predicted molar refractivity (Wildman–Crippen MR) is 72.6 cm³/mol. The Bertz CT molecular complexity index is 528. The molecule has 1 aliphatic rings. The van der Waals surface area contributed by atoms with E-state index in [1.165, 1.54) is 0 Å². The number of rotatable bonds is 4. The molecule has 1 saturated carbocycles. The van der Waals surface area contributed by atoms with E-state index in [0.717, 1.165) is 24.8 Å². The summed E-state index contributed by atoms with van der Waals surface area (Å²) in [5.41, 5.74) is 0.681. The van der Waals surface area contributed by atoms with Gasteiger partial charge in [0.2, 0.25) is 0 Å². The highest BCUT2D eigenvalue weighted by atomic mass is 32.2. The van der Waals surface area contributed by atoms with E-state index in [2.05, 4.69) is 0 Å². The first-order valence-corrected chi connectivity index (χ1v) is 8.08. The number of phenols is 1. The number of benzene rings is 1. The lowest BCUT2D eigenvalue weighted by Crippen LogP contribution is -2.42. The summed E-state index contributed by atoms with van der Waals surface area (Å²) in [5.74, 6) is 0.405. The molecule has 0 saturated heterocycles. The molecule has 1 aromatic carbocycles. The van der Waals surface area contributed by atoms with Gasteiger partial charge in [0.05, 0.1) is 11.0 Å². The zero-order valence-corrected chi connectivity index (χ0v) is 11.7. The summed E-state index contributed by atoms with van der Waals surface area (Å²) < 4.78 is 24.3. The van der Waals surface area contributed by atoms with Crippen LogP contribution < -0.4 is 0 Å². The summed E-state index contributed by atoms with van der Waals surface area (Å²) in [6, 6.07) is 7.03. The van der Waals surface area contributed by atoms with Gasteiger partial charge in [0.1, 0.15) is 5.75 Å². The molecule has 0 bridgehead atoms. The van der Waals surface area contributed by atoms with Crippen LogP contribution in [0.5, 0.6) is 5.75 Å². The summed E-state index contributed by atoms with van der Waals surface area (Å²) in [6.07, 6.45) is 2.84. The van der Waals surface area contributed by atoms with Gasteiger partial charge in [0.15, 0.2) is 9.84 Å². The van der Waals surface area contributed by atoms with Crippen molar-refractivity contribution in [1.29, 1.82) is 0 Å². The van der Waals surface area contributed by atoms with Gasteiger partial charge in [0, 0.05) is 5.41 Å². The van der Waals surface area contributed by atoms with Crippen LogP contribution in [0.2, 0.25) is 0 Å². The van der Waals surface area contributed by atoms with Gasteiger partial charge in [-0.05, 0) is 44.4 Å². The van der Waals surface area contributed by atoms with E-state index in [4.69, 9.17) is 0 Å². The van der Waals surface area contributed by atoms with Crippen molar-refractivity contribution in [3.8, 4) is 5.75 Å². The lowest BCUT2D eigenvalue weighted by Gasteiger charge is -2.42. The van der Waals surface area contributed by atoms with Crippen molar-refractivity contribution < 1.29 is 13.5 Å². The molecule has 4 heteroatoms. The molecule has 1 aromatic rings. The van der Waals surface area contributed by atoms with Crippen molar-refractivity contribution in [3.63, 3.8) is 0 Å². The van der Waals surface area contributed by atoms with Gasteiger partial charge in [-0.2, -0.15) is 0 Å². The number of hydrogen-bond donors (Lipinski definition) is 1. The second-order valence-electron chi connectivity index (χ2n) is 5.54. The molecule has 0 amide bonds. The van der Waals surface area contributed by atoms with Gasteiger partial charge in [-0.15, -0.1) is 0 Å². The van der Waals surface area contributed by atoms with Crippen LogP contribution >= 0.6 is 0 Å².